The Labute approximate surface area is 73.7 Å². The molecule has 12 heavy (non-hydrogen) atoms. The predicted octanol–water partition coefficient (Wildman–Crippen LogP) is 1.71. The number of aliphatic carboxylic acids is 1. The molecule has 0 rings (SSSR count). The van der Waals surface area contributed by atoms with Gasteiger partial charge in [0.15, 0.2) is 0 Å². The van der Waals surface area contributed by atoms with Crippen LogP contribution in [0.1, 0.15) is 26.7 Å². The summed E-state index contributed by atoms with van der Waals surface area (Å²) in [6.07, 6.45) is 1.90. The van der Waals surface area contributed by atoms with Gasteiger partial charge in [0.2, 0.25) is 0 Å². The normalized spacial score (nSPS) is 9.50. The Morgan fingerprint density at radius 3 is 2.00 bits per heavy atom. The third-order valence-corrected chi connectivity index (χ3v) is 1.62. The van der Waals surface area contributed by atoms with Gasteiger partial charge >= 0.3 is 5.97 Å². The molecule has 0 aliphatic heterocycles. The minimum absolute atomic E-state index is 0.207. The highest BCUT2D eigenvalue weighted by molar-refractivity contribution is 5.85. The van der Waals surface area contributed by atoms with E-state index in [1.807, 2.05) is 18.7 Å². The van der Waals surface area contributed by atoms with E-state index in [2.05, 4.69) is 6.58 Å². The van der Waals surface area contributed by atoms with E-state index in [0.29, 0.717) is 0 Å². The highest BCUT2D eigenvalue weighted by atomic mass is 16.4. The molecular weight excluding hydrogens is 154 g/mol. The minimum Gasteiger partial charge on any atom is -0.477 e. The van der Waals surface area contributed by atoms with Crippen LogP contribution in [0.3, 0.4) is 0 Å². The van der Waals surface area contributed by atoms with Crippen LogP contribution in [0.15, 0.2) is 12.3 Å². The molecule has 0 fully saturated rings. The number of carboxylic acids is 1. The van der Waals surface area contributed by atoms with Crippen molar-refractivity contribution in [2.75, 3.05) is 13.1 Å². The highest BCUT2D eigenvalue weighted by Crippen LogP contribution is 2.03. The van der Waals surface area contributed by atoms with Crippen molar-refractivity contribution in [1.82, 2.24) is 4.90 Å². The lowest BCUT2D eigenvalue weighted by molar-refractivity contribution is -0.134. The van der Waals surface area contributed by atoms with Crippen LogP contribution in [0.4, 0.5) is 0 Å². The fraction of sp³-hybridized carbons (Fsp3) is 0.667. The fourth-order valence-corrected chi connectivity index (χ4v) is 1.06. The second kappa shape index (κ2) is 5.63. The van der Waals surface area contributed by atoms with E-state index in [-0.39, 0.29) is 5.70 Å². The summed E-state index contributed by atoms with van der Waals surface area (Å²) in [6.45, 7) is 9.12. The number of carbonyl (C=O) groups is 1. The minimum atomic E-state index is -0.920. The highest BCUT2D eigenvalue weighted by Gasteiger charge is 2.11. The quantitative estimate of drug-likeness (QED) is 0.618. The van der Waals surface area contributed by atoms with Gasteiger partial charge in [-0.1, -0.05) is 20.4 Å². The standard InChI is InChI=1S/C9H17NO2/c1-4-6-10(7-5-2)8(3)9(11)12/h3-7H2,1-2H3,(H,11,12). The summed E-state index contributed by atoms with van der Waals surface area (Å²) < 4.78 is 0. The molecule has 0 aromatic carbocycles. The van der Waals surface area contributed by atoms with Crippen LogP contribution in [-0.4, -0.2) is 29.1 Å². The number of carboxylic acid groups (broad SMARTS) is 1. The van der Waals surface area contributed by atoms with Crippen molar-refractivity contribution in [2.45, 2.75) is 26.7 Å². The molecule has 3 heteroatoms. The molecule has 3 nitrogen and oxygen atoms in total. The van der Waals surface area contributed by atoms with Gasteiger partial charge in [-0.3, -0.25) is 0 Å². The molecule has 0 heterocycles. The molecule has 0 bridgehead atoms. The van der Waals surface area contributed by atoms with E-state index < -0.39 is 5.97 Å². The lowest BCUT2D eigenvalue weighted by atomic mass is 10.3. The van der Waals surface area contributed by atoms with Crippen molar-refractivity contribution in [3.63, 3.8) is 0 Å². The van der Waals surface area contributed by atoms with Crippen molar-refractivity contribution >= 4 is 5.97 Å². The van der Waals surface area contributed by atoms with Crippen molar-refractivity contribution in [2.24, 2.45) is 0 Å². The molecule has 0 aromatic rings. The molecule has 0 saturated carbocycles. The number of hydrogen-bond donors (Lipinski definition) is 1. The van der Waals surface area contributed by atoms with Gasteiger partial charge in [-0.25, -0.2) is 4.79 Å². The average Bonchev–Trinajstić information content (AvgIpc) is 2.03. The van der Waals surface area contributed by atoms with E-state index in [1.165, 1.54) is 0 Å². The Balaban J connectivity index is 4.08. The van der Waals surface area contributed by atoms with Crippen molar-refractivity contribution in [3.8, 4) is 0 Å². The summed E-state index contributed by atoms with van der Waals surface area (Å²) in [5.74, 6) is -0.920. The zero-order valence-corrected chi connectivity index (χ0v) is 7.84. The summed E-state index contributed by atoms with van der Waals surface area (Å²) in [7, 11) is 0. The van der Waals surface area contributed by atoms with E-state index in [0.717, 1.165) is 25.9 Å². The van der Waals surface area contributed by atoms with Crippen LogP contribution in [0.2, 0.25) is 0 Å². The SMILES string of the molecule is C=C(C(=O)O)N(CCC)CCC. The zero-order valence-electron chi connectivity index (χ0n) is 7.84. The van der Waals surface area contributed by atoms with Crippen molar-refractivity contribution in [3.05, 3.63) is 12.3 Å². The molecule has 0 unspecified atom stereocenters. The van der Waals surface area contributed by atoms with Crippen LogP contribution in [-0.2, 0) is 4.79 Å². The first-order valence-corrected chi connectivity index (χ1v) is 4.30. The Morgan fingerprint density at radius 2 is 1.75 bits per heavy atom. The maximum absolute atomic E-state index is 10.5. The van der Waals surface area contributed by atoms with Gasteiger partial charge in [0.05, 0.1) is 0 Å². The van der Waals surface area contributed by atoms with E-state index in [1.54, 1.807) is 0 Å². The molecule has 0 saturated heterocycles. The van der Waals surface area contributed by atoms with Gasteiger partial charge in [0.1, 0.15) is 5.70 Å². The van der Waals surface area contributed by atoms with Crippen LogP contribution >= 0.6 is 0 Å². The molecule has 0 aromatic heterocycles. The molecule has 0 aliphatic rings. The van der Waals surface area contributed by atoms with Gasteiger partial charge in [-0.15, -0.1) is 0 Å². The molecule has 0 spiro atoms. The van der Waals surface area contributed by atoms with E-state index in [9.17, 15) is 4.79 Å². The molecular formula is C9H17NO2. The molecule has 70 valence electrons. The lowest BCUT2D eigenvalue weighted by Crippen LogP contribution is -2.28. The van der Waals surface area contributed by atoms with Crippen molar-refractivity contribution < 1.29 is 9.90 Å². The summed E-state index contributed by atoms with van der Waals surface area (Å²) >= 11 is 0. The molecule has 1 N–H and O–H groups in total. The first kappa shape index (κ1) is 11.0. The van der Waals surface area contributed by atoms with E-state index >= 15 is 0 Å². The fourth-order valence-electron chi connectivity index (χ4n) is 1.06. The van der Waals surface area contributed by atoms with Gasteiger partial charge in [-0.2, -0.15) is 0 Å². The molecule has 0 amide bonds. The maximum atomic E-state index is 10.5. The second-order valence-corrected chi connectivity index (χ2v) is 2.74. The molecule has 0 aliphatic carbocycles. The van der Waals surface area contributed by atoms with Gasteiger partial charge < -0.3 is 10.0 Å². The van der Waals surface area contributed by atoms with Crippen LogP contribution in [0.25, 0.3) is 0 Å². The van der Waals surface area contributed by atoms with Crippen LogP contribution in [0.5, 0.6) is 0 Å². The average molecular weight is 171 g/mol. The summed E-state index contributed by atoms with van der Waals surface area (Å²) in [6, 6.07) is 0. The smallest absolute Gasteiger partial charge is 0.351 e. The molecule has 0 radical (unpaired) electrons. The summed E-state index contributed by atoms with van der Waals surface area (Å²) in [4.78, 5) is 12.4. The van der Waals surface area contributed by atoms with Crippen molar-refractivity contribution in [1.29, 1.82) is 0 Å². The Bertz CT molecular complexity index is 160. The Morgan fingerprint density at radius 1 is 1.33 bits per heavy atom. The number of nitrogens with zero attached hydrogens (tertiary/aromatic N) is 1. The maximum Gasteiger partial charge on any atom is 0.351 e. The second-order valence-electron chi connectivity index (χ2n) is 2.74. The van der Waals surface area contributed by atoms with Crippen LogP contribution < -0.4 is 0 Å². The van der Waals surface area contributed by atoms with Gasteiger partial charge in [-0.05, 0) is 12.8 Å². The van der Waals surface area contributed by atoms with Gasteiger partial charge in [0.25, 0.3) is 0 Å². The number of hydrogen-bond acceptors (Lipinski definition) is 2. The molecule has 0 atom stereocenters. The topological polar surface area (TPSA) is 40.5 Å². The summed E-state index contributed by atoms with van der Waals surface area (Å²) in [5, 5.41) is 8.66. The first-order valence-electron chi connectivity index (χ1n) is 4.30. The number of rotatable bonds is 6. The predicted molar refractivity (Wildman–Crippen MR) is 48.9 cm³/mol. The monoisotopic (exact) mass is 171 g/mol. The van der Waals surface area contributed by atoms with E-state index in [4.69, 9.17) is 5.11 Å². The zero-order chi connectivity index (χ0) is 9.56. The lowest BCUT2D eigenvalue weighted by Gasteiger charge is -2.22. The Kier molecular flexibility index (Phi) is 5.17. The largest absolute Gasteiger partial charge is 0.477 e. The van der Waals surface area contributed by atoms with Gasteiger partial charge in [0, 0.05) is 13.1 Å². The Hall–Kier alpha value is -0.990. The summed E-state index contributed by atoms with van der Waals surface area (Å²) in [5.41, 5.74) is 0.207. The third kappa shape index (κ3) is 3.42. The van der Waals surface area contributed by atoms with Crippen LogP contribution in [0, 0.1) is 0 Å². The first-order chi connectivity index (χ1) is 5.63. The third-order valence-electron chi connectivity index (χ3n) is 1.62.